The van der Waals surface area contributed by atoms with Crippen molar-refractivity contribution < 1.29 is 9.90 Å². The summed E-state index contributed by atoms with van der Waals surface area (Å²) < 4.78 is 0. The largest absolute Gasteiger partial charge is 0.390 e. The molecule has 1 saturated carbocycles. The molecule has 0 spiro atoms. The molecule has 156 valence electrons. The van der Waals surface area contributed by atoms with E-state index in [2.05, 4.69) is 22.8 Å². The molecule has 4 unspecified atom stereocenters. The van der Waals surface area contributed by atoms with Crippen molar-refractivity contribution in [1.82, 2.24) is 10.6 Å². The number of amides is 1. The number of hydrogen-bond acceptors (Lipinski definition) is 3. The maximum absolute atomic E-state index is 12.9. The summed E-state index contributed by atoms with van der Waals surface area (Å²) in [6, 6.07) is 10.2. The summed E-state index contributed by atoms with van der Waals surface area (Å²) >= 11 is 0. The SMILES string of the molecule is CC(O)(Cc1ccccc1)CC1N[C@H](C(=O)NC(C)(C)C)CC2CCCCC21. The molecule has 1 saturated heterocycles. The lowest BCUT2D eigenvalue weighted by Crippen LogP contribution is -2.61. The van der Waals surface area contributed by atoms with Gasteiger partial charge in [-0.1, -0.05) is 49.6 Å². The zero-order chi connectivity index (χ0) is 20.4. The number of carbonyl (C=O) groups excluding carboxylic acids is 1. The Labute approximate surface area is 170 Å². The Morgan fingerprint density at radius 1 is 1.14 bits per heavy atom. The van der Waals surface area contributed by atoms with Crippen LogP contribution in [0.2, 0.25) is 0 Å². The van der Waals surface area contributed by atoms with Gasteiger partial charge in [-0.15, -0.1) is 0 Å². The summed E-state index contributed by atoms with van der Waals surface area (Å²) in [6.45, 7) is 8.02. The van der Waals surface area contributed by atoms with Gasteiger partial charge in [-0.05, 0) is 64.4 Å². The van der Waals surface area contributed by atoms with Crippen LogP contribution in [-0.4, -0.2) is 34.2 Å². The number of aliphatic hydroxyl groups is 1. The minimum atomic E-state index is -0.788. The molecule has 2 aliphatic rings. The van der Waals surface area contributed by atoms with Crippen LogP contribution in [0.3, 0.4) is 0 Å². The smallest absolute Gasteiger partial charge is 0.237 e. The van der Waals surface area contributed by atoms with E-state index in [4.69, 9.17) is 0 Å². The Bertz CT molecular complexity index is 650. The Morgan fingerprint density at radius 2 is 1.82 bits per heavy atom. The van der Waals surface area contributed by atoms with Gasteiger partial charge < -0.3 is 15.7 Å². The van der Waals surface area contributed by atoms with Crippen molar-refractivity contribution in [3.05, 3.63) is 35.9 Å². The van der Waals surface area contributed by atoms with Gasteiger partial charge in [-0.3, -0.25) is 4.79 Å². The lowest BCUT2D eigenvalue weighted by molar-refractivity contribution is -0.127. The lowest BCUT2D eigenvalue weighted by Gasteiger charge is -2.47. The third kappa shape index (κ3) is 5.81. The van der Waals surface area contributed by atoms with E-state index >= 15 is 0 Å². The molecule has 1 aliphatic heterocycles. The molecule has 1 aromatic rings. The van der Waals surface area contributed by atoms with Crippen LogP contribution in [0, 0.1) is 11.8 Å². The molecule has 1 amide bonds. The molecule has 1 aromatic carbocycles. The highest BCUT2D eigenvalue weighted by molar-refractivity contribution is 5.82. The van der Waals surface area contributed by atoms with Crippen LogP contribution in [0.1, 0.15) is 71.8 Å². The Morgan fingerprint density at radius 3 is 2.50 bits per heavy atom. The zero-order valence-corrected chi connectivity index (χ0v) is 18.0. The first-order valence-electron chi connectivity index (χ1n) is 11.0. The van der Waals surface area contributed by atoms with Gasteiger partial charge in [-0.25, -0.2) is 0 Å². The van der Waals surface area contributed by atoms with Gasteiger partial charge in [0.25, 0.3) is 0 Å². The molecule has 5 atom stereocenters. The maximum atomic E-state index is 12.9. The summed E-state index contributed by atoms with van der Waals surface area (Å²) in [4.78, 5) is 12.9. The van der Waals surface area contributed by atoms with E-state index in [1.54, 1.807) is 0 Å². The van der Waals surface area contributed by atoms with Crippen molar-refractivity contribution in [3.63, 3.8) is 0 Å². The molecule has 3 rings (SSSR count). The van der Waals surface area contributed by atoms with Gasteiger partial charge in [0.05, 0.1) is 11.6 Å². The van der Waals surface area contributed by atoms with Crippen molar-refractivity contribution in [3.8, 4) is 0 Å². The highest BCUT2D eigenvalue weighted by atomic mass is 16.3. The van der Waals surface area contributed by atoms with E-state index in [9.17, 15) is 9.90 Å². The monoisotopic (exact) mass is 386 g/mol. The van der Waals surface area contributed by atoms with E-state index in [1.807, 2.05) is 45.9 Å². The maximum Gasteiger partial charge on any atom is 0.237 e. The fourth-order valence-electron chi connectivity index (χ4n) is 5.24. The molecule has 1 aliphatic carbocycles. The first-order chi connectivity index (χ1) is 13.1. The second-order valence-corrected chi connectivity index (χ2v) is 10.4. The average Bonchev–Trinajstić information content (AvgIpc) is 2.60. The predicted octanol–water partition coefficient (Wildman–Crippen LogP) is 3.82. The van der Waals surface area contributed by atoms with Gasteiger partial charge in [0, 0.05) is 18.0 Å². The molecular weight excluding hydrogens is 348 g/mol. The Kier molecular flexibility index (Phi) is 6.51. The fraction of sp³-hybridized carbons (Fsp3) is 0.708. The van der Waals surface area contributed by atoms with Gasteiger partial charge >= 0.3 is 0 Å². The van der Waals surface area contributed by atoms with Crippen LogP contribution in [0.4, 0.5) is 0 Å². The molecule has 1 heterocycles. The number of piperidine rings is 1. The first-order valence-corrected chi connectivity index (χ1v) is 11.0. The van der Waals surface area contributed by atoms with Crippen molar-refractivity contribution in [2.24, 2.45) is 11.8 Å². The molecule has 0 bridgehead atoms. The van der Waals surface area contributed by atoms with E-state index < -0.39 is 5.60 Å². The van der Waals surface area contributed by atoms with Crippen LogP contribution in [0.15, 0.2) is 30.3 Å². The summed E-state index contributed by atoms with van der Waals surface area (Å²) in [6.07, 6.45) is 7.19. The third-order valence-electron chi connectivity index (χ3n) is 6.34. The molecule has 3 N–H and O–H groups in total. The highest BCUT2D eigenvalue weighted by Crippen LogP contribution is 2.41. The third-order valence-corrected chi connectivity index (χ3v) is 6.34. The second-order valence-electron chi connectivity index (χ2n) is 10.4. The first kappa shape index (κ1) is 21.3. The van der Waals surface area contributed by atoms with Gasteiger partial charge in [0.1, 0.15) is 0 Å². The lowest BCUT2D eigenvalue weighted by atomic mass is 9.67. The van der Waals surface area contributed by atoms with Crippen LogP contribution in [-0.2, 0) is 11.2 Å². The average molecular weight is 387 g/mol. The second kappa shape index (κ2) is 8.54. The minimum Gasteiger partial charge on any atom is -0.390 e. The molecular formula is C24H38N2O2. The van der Waals surface area contributed by atoms with E-state index in [1.165, 1.54) is 25.7 Å². The summed E-state index contributed by atoms with van der Waals surface area (Å²) in [5.74, 6) is 1.25. The topological polar surface area (TPSA) is 61.4 Å². The number of benzene rings is 1. The van der Waals surface area contributed by atoms with Crippen LogP contribution in [0.25, 0.3) is 0 Å². The number of hydrogen-bond donors (Lipinski definition) is 3. The zero-order valence-electron chi connectivity index (χ0n) is 18.0. The van der Waals surface area contributed by atoms with Crippen molar-refractivity contribution in [2.75, 3.05) is 0 Å². The molecule has 28 heavy (non-hydrogen) atoms. The van der Waals surface area contributed by atoms with Gasteiger partial charge in [0.15, 0.2) is 0 Å². The Hall–Kier alpha value is -1.39. The molecule has 4 nitrogen and oxygen atoms in total. The van der Waals surface area contributed by atoms with Crippen molar-refractivity contribution in [2.45, 2.75) is 95.9 Å². The summed E-state index contributed by atoms with van der Waals surface area (Å²) in [5, 5.41) is 18.0. The highest BCUT2D eigenvalue weighted by Gasteiger charge is 2.43. The van der Waals surface area contributed by atoms with E-state index in [0.29, 0.717) is 24.7 Å². The minimum absolute atomic E-state index is 0.101. The molecule has 0 aromatic heterocycles. The molecule has 2 fully saturated rings. The standard InChI is InChI=1S/C24H38N2O2/c1-23(2,3)26-22(27)20-14-18-12-8-9-13-19(18)21(25-20)16-24(4,28)15-17-10-6-5-7-11-17/h5-7,10-11,18-21,25,28H,8-9,12-16H2,1-4H3,(H,26,27)/t18?,19?,20-,21?,24?/m0/s1. The van der Waals surface area contributed by atoms with Crippen molar-refractivity contribution >= 4 is 5.91 Å². The molecule has 0 radical (unpaired) electrons. The van der Waals surface area contributed by atoms with Crippen LogP contribution in [0.5, 0.6) is 0 Å². The van der Waals surface area contributed by atoms with Crippen molar-refractivity contribution in [1.29, 1.82) is 0 Å². The molecule has 4 heteroatoms. The van der Waals surface area contributed by atoms with Gasteiger partial charge in [-0.2, -0.15) is 0 Å². The predicted molar refractivity (Wildman–Crippen MR) is 114 cm³/mol. The fourth-order valence-corrected chi connectivity index (χ4v) is 5.24. The summed E-state index contributed by atoms with van der Waals surface area (Å²) in [5.41, 5.74) is 0.144. The summed E-state index contributed by atoms with van der Waals surface area (Å²) in [7, 11) is 0. The number of fused-ring (bicyclic) bond motifs is 1. The number of carbonyl (C=O) groups is 1. The number of nitrogens with one attached hydrogen (secondary N) is 2. The van der Waals surface area contributed by atoms with E-state index in [-0.39, 0.29) is 23.5 Å². The quantitative estimate of drug-likeness (QED) is 0.721. The Balaban J connectivity index is 1.71. The van der Waals surface area contributed by atoms with E-state index in [0.717, 1.165) is 12.0 Å². The van der Waals surface area contributed by atoms with Crippen LogP contribution < -0.4 is 10.6 Å². The van der Waals surface area contributed by atoms with Gasteiger partial charge in [0.2, 0.25) is 5.91 Å². The van der Waals surface area contributed by atoms with Crippen LogP contribution >= 0.6 is 0 Å². The number of rotatable bonds is 5. The normalized spacial score (nSPS) is 30.2.